The van der Waals surface area contributed by atoms with Crippen LogP contribution in [0, 0.1) is 0 Å². The van der Waals surface area contributed by atoms with Crippen molar-refractivity contribution >= 4 is 32.3 Å². The minimum absolute atomic E-state index is 0.493. The van der Waals surface area contributed by atoms with Crippen LogP contribution in [0.2, 0.25) is 0 Å². The minimum atomic E-state index is 0.493. The van der Waals surface area contributed by atoms with Gasteiger partial charge in [-0.1, -0.05) is 97.1 Å². The van der Waals surface area contributed by atoms with Crippen LogP contribution in [-0.4, -0.2) is 14.5 Å². The maximum absolute atomic E-state index is 4.14. The molecule has 40 heavy (non-hydrogen) atoms. The van der Waals surface area contributed by atoms with Crippen LogP contribution in [0.15, 0.2) is 134 Å². The fourth-order valence-corrected chi connectivity index (χ4v) is 6.23. The molecule has 8 rings (SSSR count). The smallest absolute Gasteiger partial charge is 0.0949 e. The first-order chi connectivity index (χ1) is 19.8. The van der Waals surface area contributed by atoms with Crippen molar-refractivity contribution in [3.05, 3.63) is 156 Å². The zero-order chi connectivity index (χ0) is 26.7. The molecule has 0 amide bonds. The maximum Gasteiger partial charge on any atom is 0.0949 e. The number of hydrogen-bond donors (Lipinski definition) is 0. The fourth-order valence-electron chi connectivity index (χ4n) is 6.23. The van der Waals surface area contributed by atoms with Crippen molar-refractivity contribution in [2.75, 3.05) is 0 Å². The van der Waals surface area contributed by atoms with Gasteiger partial charge in [0, 0.05) is 37.3 Å². The van der Waals surface area contributed by atoms with E-state index in [1.165, 1.54) is 68.3 Å². The predicted molar refractivity (Wildman–Crippen MR) is 166 cm³/mol. The minimum Gasteiger partial charge on any atom is -0.333 e. The van der Waals surface area contributed by atoms with Gasteiger partial charge in [0.05, 0.1) is 6.33 Å². The molecule has 3 nitrogen and oxygen atoms in total. The van der Waals surface area contributed by atoms with Gasteiger partial charge in [-0.2, -0.15) is 0 Å². The van der Waals surface area contributed by atoms with E-state index in [0.29, 0.717) is 5.92 Å². The number of fused-ring (bicyclic) bond motifs is 6. The van der Waals surface area contributed by atoms with Crippen molar-refractivity contribution < 1.29 is 0 Å². The molecule has 0 fully saturated rings. The summed E-state index contributed by atoms with van der Waals surface area (Å²) >= 11 is 0. The van der Waals surface area contributed by atoms with E-state index in [0.717, 1.165) is 6.54 Å². The van der Waals surface area contributed by atoms with E-state index in [-0.39, 0.29) is 0 Å². The SMILES string of the molecule is c1ccc2c(c1)ccc1c3c(ccc12)C(c1ccc(Cn2ccnc2)cc1)CCC3.c1ccc2cnccc2c1. The Morgan fingerprint density at radius 3 is 2.27 bits per heavy atom. The molecule has 3 heteroatoms. The first kappa shape index (κ1) is 24.3. The van der Waals surface area contributed by atoms with E-state index >= 15 is 0 Å². The first-order valence-corrected chi connectivity index (χ1v) is 14.1. The second-order valence-electron chi connectivity index (χ2n) is 10.7. The van der Waals surface area contributed by atoms with Crippen LogP contribution < -0.4 is 0 Å². The maximum atomic E-state index is 4.14. The van der Waals surface area contributed by atoms with Gasteiger partial charge in [-0.05, 0) is 79.9 Å². The number of pyridine rings is 1. The summed E-state index contributed by atoms with van der Waals surface area (Å²) in [6.07, 6.45) is 13.1. The van der Waals surface area contributed by atoms with E-state index in [2.05, 4.69) is 99.5 Å². The van der Waals surface area contributed by atoms with Gasteiger partial charge in [0.15, 0.2) is 0 Å². The topological polar surface area (TPSA) is 30.7 Å². The zero-order valence-electron chi connectivity index (χ0n) is 22.4. The van der Waals surface area contributed by atoms with Crippen LogP contribution in [0.5, 0.6) is 0 Å². The highest BCUT2D eigenvalue weighted by molar-refractivity contribution is 6.08. The number of aromatic nitrogens is 3. The summed E-state index contributed by atoms with van der Waals surface area (Å²) in [5.74, 6) is 0.493. The van der Waals surface area contributed by atoms with E-state index in [9.17, 15) is 0 Å². The largest absolute Gasteiger partial charge is 0.333 e. The Morgan fingerprint density at radius 2 is 1.45 bits per heavy atom. The van der Waals surface area contributed by atoms with Crippen LogP contribution >= 0.6 is 0 Å². The van der Waals surface area contributed by atoms with Crippen molar-refractivity contribution in [3.8, 4) is 0 Å². The Kier molecular flexibility index (Phi) is 6.55. The molecular formula is C37H31N3. The molecular weight excluding hydrogens is 486 g/mol. The van der Waals surface area contributed by atoms with Gasteiger partial charge in [-0.25, -0.2) is 4.98 Å². The zero-order valence-corrected chi connectivity index (χ0v) is 22.4. The third-order valence-corrected chi connectivity index (χ3v) is 8.23. The molecule has 0 N–H and O–H groups in total. The van der Waals surface area contributed by atoms with E-state index in [4.69, 9.17) is 0 Å². The summed E-state index contributed by atoms with van der Waals surface area (Å²) in [5.41, 5.74) is 5.83. The summed E-state index contributed by atoms with van der Waals surface area (Å²) < 4.78 is 2.11. The number of rotatable bonds is 3. The molecule has 1 atom stereocenters. The van der Waals surface area contributed by atoms with E-state index in [1.54, 1.807) is 5.56 Å². The Hall–Kier alpha value is -4.76. The van der Waals surface area contributed by atoms with Crippen LogP contribution in [0.4, 0.5) is 0 Å². The van der Waals surface area contributed by atoms with Crippen molar-refractivity contribution in [2.45, 2.75) is 31.7 Å². The highest BCUT2D eigenvalue weighted by atomic mass is 15.0. The highest BCUT2D eigenvalue weighted by Crippen LogP contribution is 2.41. The molecule has 0 saturated carbocycles. The normalized spacial score (nSPS) is 14.6. The summed E-state index contributed by atoms with van der Waals surface area (Å²) in [4.78, 5) is 8.15. The van der Waals surface area contributed by atoms with Gasteiger partial charge in [-0.15, -0.1) is 0 Å². The van der Waals surface area contributed by atoms with Gasteiger partial charge in [-0.3, -0.25) is 4.98 Å². The molecule has 0 radical (unpaired) electrons. The molecule has 7 aromatic rings. The molecule has 0 aliphatic heterocycles. The lowest BCUT2D eigenvalue weighted by molar-refractivity contribution is 0.619. The van der Waals surface area contributed by atoms with Crippen molar-refractivity contribution in [2.24, 2.45) is 0 Å². The molecule has 0 saturated heterocycles. The van der Waals surface area contributed by atoms with Crippen LogP contribution in [-0.2, 0) is 13.0 Å². The lowest BCUT2D eigenvalue weighted by Gasteiger charge is -2.27. The Balaban J connectivity index is 0.000000222. The summed E-state index contributed by atoms with van der Waals surface area (Å²) in [5, 5.41) is 7.97. The lowest BCUT2D eigenvalue weighted by Crippen LogP contribution is -2.11. The predicted octanol–water partition coefficient (Wildman–Crippen LogP) is 8.94. The fraction of sp³-hybridized carbons (Fsp3) is 0.135. The van der Waals surface area contributed by atoms with Crippen LogP contribution in [0.1, 0.15) is 41.0 Å². The number of hydrogen-bond acceptors (Lipinski definition) is 2. The van der Waals surface area contributed by atoms with Gasteiger partial charge in [0.2, 0.25) is 0 Å². The van der Waals surface area contributed by atoms with Crippen molar-refractivity contribution in [3.63, 3.8) is 0 Å². The quantitative estimate of drug-likeness (QED) is 0.219. The number of aryl methyl sites for hydroxylation is 1. The third kappa shape index (κ3) is 4.76. The first-order valence-electron chi connectivity index (χ1n) is 14.1. The molecule has 2 heterocycles. The summed E-state index contributed by atoms with van der Waals surface area (Å²) in [7, 11) is 0. The van der Waals surface area contributed by atoms with Crippen LogP contribution in [0.3, 0.4) is 0 Å². The van der Waals surface area contributed by atoms with E-state index < -0.39 is 0 Å². The van der Waals surface area contributed by atoms with Gasteiger partial charge in [0.25, 0.3) is 0 Å². The van der Waals surface area contributed by atoms with Crippen molar-refractivity contribution in [1.29, 1.82) is 0 Å². The molecule has 194 valence electrons. The second kappa shape index (κ2) is 10.8. The Labute approximate surface area is 234 Å². The molecule has 1 aliphatic carbocycles. The Morgan fingerprint density at radius 1 is 0.650 bits per heavy atom. The number of nitrogens with zero attached hydrogens (tertiary/aromatic N) is 3. The average molecular weight is 518 g/mol. The van der Waals surface area contributed by atoms with E-state index in [1.807, 2.05) is 49.3 Å². The third-order valence-electron chi connectivity index (χ3n) is 8.23. The summed E-state index contributed by atoms with van der Waals surface area (Å²) in [6.45, 7) is 0.874. The second-order valence-corrected chi connectivity index (χ2v) is 10.7. The molecule has 1 unspecified atom stereocenters. The molecule has 0 spiro atoms. The highest BCUT2D eigenvalue weighted by Gasteiger charge is 2.23. The Bertz CT molecular complexity index is 1840. The van der Waals surface area contributed by atoms with Gasteiger partial charge < -0.3 is 4.57 Å². The number of imidazole rings is 1. The van der Waals surface area contributed by atoms with Crippen LogP contribution in [0.25, 0.3) is 32.3 Å². The van der Waals surface area contributed by atoms with Crippen molar-refractivity contribution in [1.82, 2.24) is 14.5 Å². The standard InChI is InChI=1S/C28H24N2.C9H7N/c1-2-5-23-21(4-1)12-13-28-25-7-3-6-24(26(25)14-15-27(23)28)22-10-8-20(9-11-22)18-30-17-16-29-19-30;1-2-4-9-7-10-6-5-8(9)3-1/h1-2,4-5,8-17,19,24H,3,6-7,18H2;1-7H. The molecule has 0 bridgehead atoms. The molecule has 2 aromatic heterocycles. The number of benzene rings is 5. The molecule has 5 aromatic carbocycles. The molecule has 1 aliphatic rings. The average Bonchev–Trinajstić information content (AvgIpc) is 3.54. The van der Waals surface area contributed by atoms with Gasteiger partial charge >= 0.3 is 0 Å². The monoisotopic (exact) mass is 517 g/mol. The summed E-state index contributed by atoms with van der Waals surface area (Å²) in [6, 6.07) is 37.5. The van der Waals surface area contributed by atoms with Gasteiger partial charge in [0.1, 0.15) is 0 Å². The lowest BCUT2D eigenvalue weighted by atomic mass is 9.77.